The molecule has 11 heteroatoms. The average molecular weight is 548 g/mol. The van der Waals surface area contributed by atoms with Crippen LogP contribution in [0.5, 0.6) is 0 Å². The fourth-order valence-electron chi connectivity index (χ4n) is 4.48. The predicted molar refractivity (Wildman–Crippen MR) is 142 cm³/mol. The van der Waals surface area contributed by atoms with Crippen molar-refractivity contribution in [2.24, 2.45) is 17.6 Å². The molecule has 0 aromatic heterocycles. The van der Waals surface area contributed by atoms with Crippen LogP contribution >= 0.6 is 0 Å². The van der Waals surface area contributed by atoms with E-state index in [1.807, 2.05) is 13.0 Å². The molecule has 6 atom stereocenters. The van der Waals surface area contributed by atoms with Gasteiger partial charge in [0.15, 0.2) is 0 Å². The van der Waals surface area contributed by atoms with Crippen molar-refractivity contribution in [1.82, 2.24) is 10.2 Å². The van der Waals surface area contributed by atoms with Crippen LogP contribution in [0.2, 0.25) is 0 Å². The molecule has 1 heterocycles. The third kappa shape index (κ3) is 9.05. The zero-order valence-electron chi connectivity index (χ0n) is 23.3. The number of nitrogens with one attached hydrogen (secondary N) is 1. The highest BCUT2D eigenvalue weighted by Crippen LogP contribution is 2.29. The number of amides is 2. The number of hydrogen-bond acceptors (Lipinski definition) is 8. The highest BCUT2D eigenvalue weighted by Gasteiger charge is 2.48. The Labute approximate surface area is 229 Å². The number of carboxylic acid groups (broad SMARTS) is 1. The van der Waals surface area contributed by atoms with Crippen molar-refractivity contribution in [3.63, 3.8) is 0 Å². The van der Waals surface area contributed by atoms with E-state index in [1.165, 1.54) is 11.8 Å². The standard InChI is InChI=1S/C28H41N3O8/c1-6-17(4)26(35)30-20(14-19-10-8-7-9-11-19)28(37)39-22(15-23(33)34)25-21(38-18(5)32)12-13-31(25)27(36)24(29)16(2)3/h7-11,16-17,20-22,24-25H,6,12-15,29H2,1-5H3,(H,30,35)(H,33,34)/t17-,20?,21+,22-,24-,25?/m0/s1. The molecule has 1 saturated heterocycles. The van der Waals surface area contributed by atoms with Gasteiger partial charge >= 0.3 is 17.9 Å². The van der Waals surface area contributed by atoms with E-state index in [4.69, 9.17) is 15.2 Å². The Morgan fingerprint density at radius 3 is 2.31 bits per heavy atom. The minimum atomic E-state index is -1.36. The van der Waals surface area contributed by atoms with Crippen molar-refractivity contribution in [2.45, 2.75) is 90.6 Å². The molecule has 0 bridgehead atoms. The van der Waals surface area contributed by atoms with Gasteiger partial charge in [0.25, 0.3) is 0 Å². The number of carboxylic acids is 1. The third-order valence-corrected chi connectivity index (χ3v) is 6.97. The summed E-state index contributed by atoms with van der Waals surface area (Å²) in [5.41, 5.74) is 6.87. The van der Waals surface area contributed by atoms with Crippen LogP contribution in [0, 0.1) is 11.8 Å². The lowest BCUT2D eigenvalue weighted by Gasteiger charge is -2.35. The van der Waals surface area contributed by atoms with Crippen molar-refractivity contribution in [1.29, 1.82) is 0 Å². The summed E-state index contributed by atoms with van der Waals surface area (Å²) in [6.45, 7) is 8.49. The number of aliphatic carboxylic acids is 1. The number of nitrogens with zero attached hydrogens (tertiary/aromatic N) is 1. The van der Waals surface area contributed by atoms with E-state index in [9.17, 15) is 29.1 Å². The molecule has 0 spiro atoms. The number of rotatable bonds is 13. The number of hydrogen-bond donors (Lipinski definition) is 3. The molecule has 2 unspecified atom stereocenters. The molecule has 4 N–H and O–H groups in total. The fraction of sp³-hybridized carbons (Fsp3) is 0.607. The Morgan fingerprint density at radius 1 is 1.13 bits per heavy atom. The summed E-state index contributed by atoms with van der Waals surface area (Å²) in [6.07, 6.45) is -2.01. The Bertz CT molecular complexity index is 1020. The first-order chi connectivity index (χ1) is 18.3. The van der Waals surface area contributed by atoms with Crippen LogP contribution in [0.3, 0.4) is 0 Å². The monoisotopic (exact) mass is 547 g/mol. The molecular formula is C28H41N3O8. The van der Waals surface area contributed by atoms with Gasteiger partial charge in [-0.1, -0.05) is 58.0 Å². The minimum Gasteiger partial charge on any atom is -0.481 e. The molecule has 0 aliphatic carbocycles. The summed E-state index contributed by atoms with van der Waals surface area (Å²) in [7, 11) is 0. The van der Waals surface area contributed by atoms with Gasteiger partial charge in [-0.25, -0.2) is 4.79 Å². The van der Waals surface area contributed by atoms with Crippen LogP contribution in [-0.2, 0) is 39.9 Å². The second kappa shape index (κ2) is 14.6. The Balaban J connectivity index is 2.42. The van der Waals surface area contributed by atoms with Crippen LogP contribution in [0.1, 0.15) is 59.4 Å². The molecule has 1 aromatic carbocycles. The Kier molecular flexibility index (Phi) is 11.9. The van der Waals surface area contributed by atoms with Gasteiger partial charge in [0.05, 0.1) is 12.5 Å². The molecule has 216 valence electrons. The number of benzene rings is 1. The SMILES string of the molecule is CC[C@H](C)C(=O)NC(Cc1ccccc1)C(=O)O[C@@H](CC(=O)O)C1[C@H](OC(C)=O)CCN1C(=O)[C@@H](N)C(C)C. The minimum absolute atomic E-state index is 0.112. The smallest absolute Gasteiger partial charge is 0.329 e. The Hall–Kier alpha value is -3.47. The molecule has 1 aliphatic rings. The summed E-state index contributed by atoms with van der Waals surface area (Å²) in [5, 5.41) is 12.4. The Morgan fingerprint density at radius 2 is 1.77 bits per heavy atom. The molecule has 39 heavy (non-hydrogen) atoms. The molecule has 2 amide bonds. The first kappa shape index (κ1) is 31.7. The highest BCUT2D eigenvalue weighted by molar-refractivity contribution is 5.86. The average Bonchev–Trinajstić information content (AvgIpc) is 3.29. The molecule has 0 saturated carbocycles. The van der Waals surface area contributed by atoms with Crippen molar-refractivity contribution < 1.29 is 38.6 Å². The lowest BCUT2D eigenvalue weighted by Crippen LogP contribution is -2.56. The highest BCUT2D eigenvalue weighted by atomic mass is 16.6. The summed E-state index contributed by atoms with van der Waals surface area (Å²) in [6, 6.07) is 5.95. The van der Waals surface area contributed by atoms with Crippen LogP contribution in [0.4, 0.5) is 0 Å². The van der Waals surface area contributed by atoms with Gasteiger partial charge in [-0.15, -0.1) is 0 Å². The maximum absolute atomic E-state index is 13.5. The number of esters is 2. The summed E-state index contributed by atoms with van der Waals surface area (Å²) < 4.78 is 11.2. The van der Waals surface area contributed by atoms with Gasteiger partial charge in [-0.3, -0.25) is 19.2 Å². The van der Waals surface area contributed by atoms with Crippen LogP contribution in [0.15, 0.2) is 30.3 Å². The summed E-state index contributed by atoms with van der Waals surface area (Å²) >= 11 is 0. The summed E-state index contributed by atoms with van der Waals surface area (Å²) in [4.78, 5) is 64.5. The maximum Gasteiger partial charge on any atom is 0.329 e. The van der Waals surface area contributed by atoms with Gasteiger partial charge in [0.2, 0.25) is 11.8 Å². The molecule has 1 fully saturated rings. The van der Waals surface area contributed by atoms with Gasteiger partial charge in [0.1, 0.15) is 24.3 Å². The zero-order valence-corrected chi connectivity index (χ0v) is 23.3. The molecule has 11 nitrogen and oxygen atoms in total. The third-order valence-electron chi connectivity index (χ3n) is 6.97. The van der Waals surface area contributed by atoms with Gasteiger partial charge in [-0.2, -0.15) is 0 Å². The quantitative estimate of drug-likeness (QED) is 0.311. The van der Waals surface area contributed by atoms with Crippen molar-refractivity contribution in [3.8, 4) is 0 Å². The second-order valence-electron chi connectivity index (χ2n) is 10.4. The van der Waals surface area contributed by atoms with E-state index in [0.717, 1.165) is 5.56 Å². The first-order valence-corrected chi connectivity index (χ1v) is 13.3. The van der Waals surface area contributed by atoms with E-state index >= 15 is 0 Å². The van der Waals surface area contributed by atoms with Crippen LogP contribution in [-0.4, -0.2) is 76.6 Å². The number of nitrogens with two attached hydrogens (primary N) is 1. The number of ether oxygens (including phenoxy) is 2. The van der Waals surface area contributed by atoms with Crippen LogP contribution < -0.4 is 11.1 Å². The van der Waals surface area contributed by atoms with Gasteiger partial charge in [-0.05, 0) is 17.9 Å². The van der Waals surface area contributed by atoms with E-state index in [2.05, 4.69) is 5.32 Å². The fourth-order valence-corrected chi connectivity index (χ4v) is 4.48. The lowest BCUT2D eigenvalue weighted by molar-refractivity contribution is -0.167. The van der Waals surface area contributed by atoms with E-state index < -0.39 is 60.6 Å². The van der Waals surface area contributed by atoms with E-state index in [1.54, 1.807) is 45.0 Å². The van der Waals surface area contributed by atoms with Crippen LogP contribution in [0.25, 0.3) is 0 Å². The van der Waals surface area contributed by atoms with Crippen molar-refractivity contribution in [3.05, 3.63) is 35.9 Å². The zero-order chi connectivity index (χ0) is 29.3. The number of carbonyl (C=O) groups is 5. The van der Waals surface area contributed by atoms with Gasteiger partial charge < -0.3 is 30.5 Å². The predicted octanol–water partition coefficient (Wildman–Crippen LogP) is 1.66. The van der Waals surface area contributed by atoms with Crippen molar-refractivity contribution in [2.75, 3.05) is 6.54 Å². The first-order valence-electron chi connectivity index (χ1n) is 13.3. The summed E-state index contributed by atoms with van der Waals surface area (Å²) in [5.74, 6) is -4.11. The van der Waals surface area contributed by atoms with E-state index in [0.29, 0.717) is 6.42 Å². The topological polar surface area (TPSA) is 165 Å². The molecule has 1 aliphatic heterocycles. The molecule has 0 radical (unpaired) electrons. The molecular weight excluding hydrogens is 506 g/mol. The number of carbonyl (C=O) groups excluding carboxylic acids is 4. The lowest BCUT2D eigenvalue weighted by atomic mass is 9.99. The second-order valence-corrected chi connectivity index (χ2v) is 10.4. The molecule has 1 aromatic rings. The molecule has 2 rings (SSSR count). The largest absolute Gasteiger partial charge is 0.481 e. The van der Waals surface area contributed by atoms with E-state index in [-0.39, 0.29) is 37.1 Å². The van der Waals surface area contributed by atoms with Crippen molar-refractivity contribution >= 4 is 29.7 Å². The van der Waals surface area contributed by atoms with Gasteiger partial charge in [0, 0.05) is 32.2 Å². The normalized spacial score (nSPS) is 20.0. The number of likely N-dealkylation sites (tertiary alicyclic amines) is 1. The maximum atomic E-state index is 13.5.